The number of carbonyl (C=O) groups excluding carboxylic acids is 1. The summed E-state index contributed by atoms with van der Waals surface area (Å²) >= 11 is 0. The molecular formula is C65H106O14. The molecule has 0 radical (unpaired) electrons. The fraction of sp³-hybridized carbons (Fsp3) is 0.677. The van der Waals surface area contributed by atoms with Crippen LogP contribution in [0.2, 0.25) is 0 Å². The molecule has 2 saturated heterocycles. The third-order valence-corrected chi connectivity index (χ3v) is 13.5. The normalized spacial score (nSPS) is 24.9. The molecule has 2 rings (SSSR count). The number of aliphatic hydroxyl groups is 7. The van der Waals surface area contributed by atoms with Gasteiger partial charge in [-0.25, -0.2) is 0 Å². The summed E-state index contributed by atoms with van der Waals surface area (Å²) in [5.41, 5.74) is 0. The van der Waals surface area contributed by atoms with Gasteiger partial charge in [0.25, 0.3) is 0 Å². The van der Waals surface area contributed by atoms with Crippen LogP contribution in [0.1, 0.15) is 181 Å². The van der Waals surface area contributed by atoms with E-state index >= 15 is 0 Å². The van der Waals surface area contributed by atoms with E-state index in [1.807, 2.05) is 0 Å². The predicted molar refractivity (Wildman–Crippen MR) is 316 cm³/mol. The zero-order valence-corrected chi connectivity index (χ0v) is 48.3. The van der Waals surface area contributed by atoms with Crippen molar-refractivity contribution in [1.82, 2.24) is 0 Å². The minimum atomic E-state index is -1.72. The first-order chi connectivity index (χ1) is 38.6. The Hall–Kier alpha value is -3.61. The second-order valence-corrected chi connectivity index (χ2v) is 20.4. The second kappa shape index (κ2) is 50.1. The molecule has 0 spiro atoms. The second-order valence-electron chi connectivity index (χ2n) is 20.4. The lowest BCUT2D eigenvalue weighted by molar-refractivity contribution is -0.332. The van der Waals surface area contributed by atoms with E-state index in [2.05, 4.69) is 135 Å². The highest BCUT2D eigenvalue weighted by atomic mass is 16.7. The molecule has 0 aromatic rings. The fourth-order valence-electron chi connectivity index (χ4n) is 8.69. The van der Waals surface area contributed by atoms with Crippen LogP contribution < -0.4 is 0 Å². The molecule has 2 heterocycles. The lowest BCUT2D eigenvalue weighted by Crippen LogP contribution is -2.61. The molecule has 11 atom stereocenters. The van der Waals surface area contributed by atoms with Crippen molar-refractivity contribution in [1.29, 1.82) is 0 Å². The molecule has 0 saturated carbocycles. The molecule has 0 aromatic heterocycles. The molecule has 11 unspecified atom stereocenters. The summed E-state index contributed by atoms with van der Waals surface area (Å²) in [4.78, 5) is 13.1. The number of ether oxygens (including phenoxy) is 6. The molecule has 450 valence electrons. The average molecular weight is 1110 g/mol. The number of carbonyl (C=O) groups is 1. The van der Waals surface area contributed by atoms with E-state index in [4.69, 9.17) is 28.4 Å². The number of allylic oxidation sites excluding steroid dienone is 20. The van der Waals surface area contributed by atoms with Crippen molar-refractivity contribution < 1.29 is 69.0 Å². The number of hydrogen-bond acceptors (Lipinski definition) is 14. The van der Waals surface area contributed by atoms with E-state index in [1.165, 1.54) is 32.1 Å². The van der Waals surface area contributed by atoms with E-state index in [1.54, 1.807) is 0 Å². The van der Waals surface area contributed by atoms with Gasteiger partial charge in [-0.05, 0) is 103 Å². The zero-order chi connectivity index (χ0) is 57.2. The lowest BCUT2D eigenvalue weighted by Gasteiger charge is -2.42. The summed E-state index contributed by atoms with van der Waals surface area (Å²) in [6, 6.07) is 0. The smallest absolute Gasteiger partial charge is 0.306 e. The Morgan fingerprint density at radius 1 is 0.418 bits per heavy atom. The third kappa shape index (κ3) is 36.5. The maximum absolute atomic E-state index is 13.1. The van der Waals surface area contributed by atoms with Gasteiger partial charge in [0.15, 0.2) is 12.6 Å². The van der Waals surface area contributed by atoms with Gasteiger partial charge in [-0.15, -0.1) is 0 Å². The van der Waals surface area contributed by atoms with E-state index in [0.29, 0.717) is 13.0 Å². The average Bonchev–Trinajstić information content (AvgIpc) is 3.46. The summed E-state index contributed by atoms with van der Waals surface area (Å²) in [5, 5.41) is 72.4. The molecular weight excluding hydrogens is 1000 g/mol. The van der Waals surface area contributed by atoms with Gasteiger partial charge >= 0.3 is 5.97 Å². The van der Waals surface area contributed by atoms with Gasteiger partial charge in [0.2, 0.25) is 0 Å². The van der Waals surface area contributed by atoms with Crippen LogP contribution in [0.5, 0.6) is 0 Å². The monoisotopic (exact) mass is 1110 g/mol. The maximum atomic E-state index is 13.1. The van der Waals surface area contributed by atoms with Crippen LogP contribution in [0.3, 0.4) is 0 Å². The molecule has 2 aliphatic heterocycles. The quantitative estimate of drug-likeness (QED) is 0.0172. The van der Waals surface area contributed by atoms with E-state index in [9.17, 15) is 40.5 Å². The SMILES string of the molecule is CC/C=C\C/C=C\C/C=C\C/C=C\C/C=C\CCCCCCCCCCOCC(COC1OC(COC2OC(CO)C(O)C(O)C2O)C(O)C(O)C1O)OC(=O)CCCCCCC/C=C\C/C=C\C/C=C\C/C=C\C/C=C\CC. The highest BCUT2D eigenvalue weighted by Crippen LogP contribution is 2.26. The van der Waals surface area contributed by atoms with Crippen molar-refractivity contribution in [3.05, 3.63) is 122 Å². The minimum absolute atomic E-state index is 0.0388. The first-order valence-corrected chi connectivity index (χ1v) is 30.1. The van der Waals surface area contributed by atoms with Crippen LogP contribution in [0.4, 0.5) is 0 Å². The van der Waals surface area contributed by atoms with Crippen molar-refractivity contribution in [2.75, 3.05) is 33.0 Å². The molecule has 0 amide bonds. The molecule has 2 aliphatic rings. The number of esters is 1. The van der Waals surface area contributed by atoms with Crippen LogP contribution in [-0.2, 0) is 33.2 Å². The van der Waals surface area contributed by atoms with Crippen LogP contribution in [0, 0.1) is 0 Å². The molecule has 79 heavy (non-hydrogen) atoms. The van der Waals surface area contributed by atoms with Crippen molar-refractivity contribution in [3.8, 4) is 0 Å². The summed E-state index contributed by atoms with van der Waals surface area (Å²) in [5.74, 6) is -0.403. The number of aliphatic hydroxyl groups excluding tert-OH is 7. The highest BCUT2D eigenvalue weighted by Gasteiger charge is 2.47. The Bertz CT molecular complexity index is 1770. The van der Waals surface area contributed by atoms with Crippen molar-refractivity contribution in [3.63, 3.8) is 0 Å². The summed E-state index contributed by atoms with van der Waals surface area (Å²) < 4.78 is 34.4. The van der Waals surface area contributed by atoms with E-state index in [-0.39, 0.29) is 19.6 Å². The summed E-state index contributed by atoms with van der Waals surface area (Å²) in [6.07, 6.45) is 53.9. The number of unbranched alkanes of at least 4 members (excludes halogenated alkanes) is 13. The van der Waals surface area contributed by atoms with Gasteiger partial charge in [0.05, 0.1) is 26.4 Å². The standard InChI is InChI=1S/C65H106O14/c1-3-5-7-9-11-13-15-17-19-21-23-25-26-27-29-31-33-35-37-39-41-43-45-47-49-74-51-54(52-75-64-63(73)61(71)59(69)56(79-64)53-76-65-62(72)60(70)58(68)55(50-66)78-65)77-57(67)48-46-44-42-40-38-36-34-32-30-28-24-22-20-18-16-14-12-10-8-6-4-2/h5-8,11-14,17-20,23-25,27-29,32,34,54-56,58-66,68-73H,3-4,9-10,15-16,21-22,26,30-31,33,35-53H2,1-2H3/b7-5-,8-6-,13-11-,14-12-,19-17-,20-18-,25-23-,28-24-,29-27-,34-32-. The Kier molecular flexibility index (Phi) is 45.4. The summed E-state index contributed by atoms with van der Waals surface area (Å²) in [7, 11) is 0. The molecule has 0 aliphatic carbocycles. The van der Waals surface area contributed by atoms with Gasteiger partial charge in [-0.2, -0.15) is 0 Å². The van der Waals surface area contributed by atoms with Gasteiger partial charge in [-0.3, -0.25) is 4.79 Å². The van der Waals surface area contributed by atoms with Gasteiger partial charge in [0.1, 0.15) is 54.9 Å². The number of rotatable bonds is 47. The Balaban J connectivity index is 1.72. The first-order valence-electron chi connectivity index (χ1n) is 30.1. The van der Waals surface area contributed by atoms with E-state index < -0.39 is 86.7 Å². The predicted octanol–water partition coefficient (Wildman–Crippen LogP) is 11.3. The Morgan fingerprint density at radius 2 is 0.785 bits per heavy atom. The lowest BCUT2D eigenvalue weighted by atomic mass is 9.98. The van der Waals surface area contributed by atoms with Gasteiger partial charge < -0.3 is 64.2 Å². The van der Waals surface area contributed by atoms with Crippen LogP contribution in [-0.4, -0.2) is 142 Å². The van der Waals surface area contributed by atoms with Crippen molar-refractivity contribution in [2.45, 2.75) is 248 Å². The van der Waals surface area contributed by atoms with Crippen LogP contribution in [0.15, 0.2) is 122 Å². The van der Waals surface area contributed by atoms with E-state index in [0.717, 1.165) is 122 Å². The van der Waals surface area contributed by atoms with Crippen LogP contribution >= 0.6 is 0 Å². The van der Waals surface area contributed by atoms with Crippen LogP contribution in [0.25, 0.3) is 0 Å². The largest absolute Gasteiger partial charge is 0.457 e. The molecule has 0 bridgehead atoms. The molecule has 14 heteroatoms. The van der Waals surface area contributed by atoms with Crippen molar-refractivity contribution in [2.24, 2.45) is 0 Å². The molecule has 0 aromatic carbocycles. The minimum Gasteiger partial charge on any atom is -0.457 e. The first kappa shape index (κ1) is 71.5. The molecule has 7 N–H and O–H groups in total. The molecule has 14 nitrogen and oxygen atoms in total. The highest BCUT2D eigenvalue weighted by molar-refractivity contribution is 5.69. The topological polar surface area (TPSA) is 214 Å². The maximum Gasteiger partial charge on any atom is 0.306 e. The Morgan fingerprint density at radius 3 is 1.23 bits per heavy atom. The summed E-state index contributed by atoms with van der Waals surface area (Å²) in [6.45, 7) is 3.39. The van der Waals surface area contributed by atoms with Gasteiger partial charge in [-0.1, -0.05) is 193 Å². The molecule has 2 fully saturated rings. The fourth-order valence-corrected chi connectivity index (χ4v) is 8.69. The number of hydrogen-bond donors (Lipinski definition) is 7. The third-order valence-electron chi connectivity index (χ3n) is 13.5. The van der Waals surface area contributed by atoms with Crippen molar-refractivity contribution >= 4 is 5.97 Å². The zero-order valence-electron chi connectivity index (χ0n) is 48.3. The van der Waals surface area contributed by atoms with Gasteiger partial charge in [0, 0.05) is 13.0 Å². The Labute approximate surface area is 476 Å².